The first-order valence-corrected chi connectivity index (χ1v) is 7.45. The standard InChI is InChI=1S/C15H20F3N3O2/c1-2-13(19)14(22)21-8-6-20(7-9-21)11-4-3-5-12(10-11)23-15(16,17)18/h3-5,10,13H,2,6-9,19H2,1H3. The maximum absolute atomic E-state index is 12.3. The largest absolute Gasteiger partial charge is 0.573 e. The molecule has 8 heteroatoms. The van der Waals surface area contributed by atoms with Crippen LogP contribution >= 0.6 is 0 Å². The number of nitrogens with zero attached hydrogens (tertiary/aromatic N) is 2. The zero-order valence-corrected chi connectivity index (χ0v) is 12.8. The van der Waals surface area contributed by atoms with Gasteiger partial charge in [0.2, 0.25) is 5.91 Å². The molecule has 0 radical (unpaired) electrons. The van der Waals surface area contributed by atoms with Gasteiger partial charge in [0.1, 0.15) is 5.75 Å². The molecule has 1 amide bonds. The molecule has 1 fully saturated rings. The fraction of sp³-hybridized carbons (Fsp3) is 0.533. The second-order valence-corrected chi connectivity index (χ2v) is 5.37. The van der Waals surface area contributed by atoms with Crippen molar-refractivity contribution < 1.29 is 22.7 Å². The first-order chi connectivity index (χ1) is 10.8. The van der Waals surface area contributed by atoms with E-state index in [2.05, 4.69) is 4.74 Å². The van der Waals surface area contributed by atoms with Gasteiger partial charge in [0.25, 0.3) is 0 Å². The van der Waals surface area contributed by atoms with E-state index in [1.165, 1.54) is 18.2 Å². The minimum absolute atomic E-state index is 0.0821. The van der Waals surface area contributed by atoms with Crippen LogP contribution in [0.4, 0.5) is 18.9 Å². The van der Waals surface area contributed by atoms with Crippen LogP contribution < -0.4 is 15.4 Å². The summed E-state index contributed by atoms with van der Waals surface area (Å²) < 4.78 is 40.7. The van der Waals surface area contributed by atoms with Gasteiger partial charge < -0.3 is 20.3 Å². The van der Waals surface area contributed by atoms with E-state index in [1.54, 1.807) is 11.0 Å². The molecule has 1 heterocycles. The highest BCUT2D eigenvalue weighted by molar-refractivity contribution is 5.81. The zero-order chi connectivity index (χ0) is 17.0. The number of benzene rings is 1. The maximum atomic E-state index is 12.3. The van der Waals surface area contributed by atoms with Crippen molar-refractivity contribution in [3.05, 3.63) is 24.3 Å². The third-order valence-electron chi connectivity index (χ3n) is 3.76. The molecule has 1 aliphatic rings. The molecule has 0 aliphatic carbocycles. The van der Waals surface area contributed by atoms with E-state index in [-0.39, 0.29) is 11.7 Å². The number of rotatable bonds is 4. The first-order valence-electron chi connectivity index (χ1n) is 7.45. The Morgan fingerprint density at radius 3 is 2.52 bits per heavy atom. The van der Waals surface area contributed by atoms with Crippen LogP contribution in [0.1, 0.15) is 13.3 Å². The lowest BCUT2D eigenvalue weighted by Gasteiger charge is -2.37. The van der Waals surface area contributed by atoms with Crippen molar-refractivity contribution in [2.75, 3.05) is 31.1 Å². The molecule has 5 nitrogen and oxygen atoms in total. The molecule has 1 unspecified atom stereocenters. The summed E-state index contributed by atoms with van der Waals surface area (Å²) in [6.45, 7) is 3.92. The summed E-state index contributed by atoms with van der Waals surface area (Å²) in [7, 11) is 0. The second kappa shape index (κ2) is 7.08. The van der Waals surface area contributed by atoms with Crippen LogP contribution in [0.15, 0.2) is 24.3 Å². The van der Waals surface area contributed by atoms with E-state index in [9.17, 15) is 18.0 Å². The third kappa shape index (κ3) is 4.75. The Hall–Kier alpha value is -1.96. The van der Waals surface area contributed by atoms with Crippen LogP contribution in [-0.4, -0.2) is 49.4 Å². The molecule has 0 saturated carbocycles. The molecule has 1 aliphatic heterocycles. The van der Waals surface area contributed by atoms with Gasteiger partial charge >= 0.3 is 6.36 Å². The molecule has 0 aromatic heterocycles. The number of piperazine rings is 1. The molecule has 128 valence electrons. The van der Waals surface area contributed by atoms with Crippen LogP contribution in [0.5, 0.6) is 5.75 Å². The minimum atomic E-state index is -4.71. The molecular formula is C15H20F3N3O2. The molecule has 0 spiro atoms. The van der Waals surface area contributed by atoms with Crippen molar-refractivity contribution in [3.63, 3.8) is 0 Å². The average molecular weight is 331 g/mol. The lowest BCUT2D eigenvalue weighted by Crippen LogP contribution is -2.53. The number of alkyl halides is 3. The molecular weight excluding hydrogens is 311 g/mol. The van der Waals surface area contributed by atoms with Gasteiger partial charge in [-0.05, 0) is 18.6 Å². The molecule has 1 atom stereocenters. The van der Waals surface area contributed by atoms with Gasteiger partial charge in [-0.1, -0.05) is 13.0 Å². The Balaban J connectivity index is 1.98. The molecule has 1 aromatic rings. The highest BCUT2D eigenvalue weighted by Crippen LogP contribution is 2.27. The summed E-state index contributed by atoms with van der Waals surface area (Å²) in [5.74, 6) is -0.331. The fourth-order valence-electron chi connectivity index (χ4n) is 2.47. The number of anilines is 1. The number of hydrogen-bond acceptors (Lipinski definition) is 4. The van der Waals surface area contributed by atoms with Gasteiger partial charge in [-0.15, -0.1) is 13.2 Å². The van der Waals surface area contributed by atoms with Crippen molar-refractivity contribution in [1.82, 2.24) is 4.90 Å². The summed E-state index contributed by atoms with van der Waals surface area (Å²) in [4.78, 5) is 15.6. The fourth-order valence-corrected chi connectivity index (χ4v) is 2.47. The predicted molar refractivity (Wildman–Crippen MR) is 80.2 cm³/mol. The van der Waals surface area contributed by atoms with Crippen molar-refractivity contribution in [2.24, 2.45) is 5.73 Å². The van der Waals surface area contributed by atoms with Gasteiger partial charge in [0, 0.05) is 37.9 Å². The van der Waals surface area contributed by atoms with E-state index >= 15 is 0 Å². The predicted octanol–water partition coefficient (Wildman–Crippen LogP) is 1.97. The molecule has 2 N–H and O–H groups in total. The van der Waals surface area contributed by atoms with E-state index in [1.807, 2.05) is 11.8 Å². The minimum Gasteiger partial charge on any atom is -0.406 e. The molecule has 1 saturated heterocycles. The van der Waals surface area contributed by atoms with Gasteiger partial charge in [-0.25, -0.2) is 0 Å². The van der Waals surface area contributed by atoms with Crippen LogP contribution in [0.2, 0.25) is 0 Å². The van der Waals surface area contributed by atoms with Crippen molar-refractivity contribution in [3.8, 4) is 5.75 Å². The summed E-state index contributed by atoms with van der Waals surface area (Å²) in [6, 6.07) is 5.35. The van der Waals surface area contributed by atoms with E-state index in [0.29, 0.717) is 38.3 Å². The Morgan fingerprint density at radius 2 is 1.96 bits per heavy atom. The monoisotopic (exact) mass is 331 g/mol. The van der Waals surface area contributed by atoms with Crippen molar-refractivity contribution in [2.45, 2.75) is 25.7 Å². The van der Waals surface area contributed by atoms with Crippen LogP contribution in [0.3, 0.4) is 0 Å². The Morgan fingerprint density at radius 1 is 1.30 bits per heavy atom. The van der Waals surface area contributed by atoms with Gasteiger partial charge in [-0.3, -0.25) is 4.79 Å². The molecule has 2 rings (SSSR count). The van der Waals surface area contributed by atoms with Gasteiger partial charge in [0.15, 0.2) is 0 Å². The third-order valence-corrected chi connectivity index (χ3v) is 3.76. The van der Waals surface area contributed by atoms with Crippen molar-refractivity contribution in [1.29, 1.82) is 0 Å². The normalized spacial score (nSPS) is 17.1. The highest BCUT2D eigenvalue weighted by atomic mass is 19.4. The summed E-state index contributed by atoms with van der Waals surface area (Å²) in [5, 5.41) is 0. The number of carbonyl (C=O) groups is 1. The quantitative estimate of drug-likeness (QED) is 0.916. The van der Waals surface area contributed by atoms with E-state index in [0.717, 1.165) is 0 Å². The molecule has 1 aromatic carbocycles. The topological polar surface area (TPSA) is 58.8 Å². The van der Waals surface area contributed by atoms with Gasteiger partial charge in [-0.2, -0.15) is 0 Å². The highest BCUT2D eigenvalue weighted by Gasteiger charge is 2.31. The van der Waals surface area contributed by atoms with E-state index < -0.39 is 12.4 Å². The van der Waals surface area contributed by atoms with Crippen LogP contribution in [-0.2, 0) is 4.79 Å². The Bertz CT molecular complexity index is 543. The zero-order valence-electron chi connectivity index (χ0n) is 12.8. The molecule has 0 bridgehead atoms. The van der Waals surface area contributed by atoms with Crippen LogP contribution in [0.25, 0.3) is 0 Å². The lowest BCUT2D eigenvalue weighted by atomic mass is 10.2. The Kier molecular flexibility index (Phi) is 5.35. The number of ether oxygens (including phenoxy) is 1. The number of amides is 1. The maximum Gasteiger partial charge on any atom is 0.573 e. The smallest absolute Gasteiger partial charge is 0.406 e. The first kappa shape index (κ1) is 17.4. The summed E-state index contributed by atoms with van der Waals surface area (Å²) in [6.07, 6.45) is -4.13. The number of halogens is 3. The summed E-state index contributed by atoms with van der Waals surface area (Å²) >= 11 is 0. The average Bonchev–Trinajstić information content (AvgIpc) is 2.52. The number of hydrogen-bond donors (Lipinski definition) is 1. The Labute approximate surface area is 132 Å². The lowest BCUT2D eigenvalue weighted by molar-refractivity contribution is -0.274. The van der Waals surface area contributed by atoms with Crippen molar-refractivity contribution >= 4 is 11.6 Å². The van der Waals surface area contributed by atoms with Gasteiger partial charge in [0.05, 0.1) is 6.04 Å². The SMILES string of the molecule is CCC(N)C(=O)N1CCN(c2cccc(OC(F)(F)F)c2)CC1. The number of carbonyl (C=O) groups excluding carboxylic acids is 1. The summed E-state index contributed by atoms with van der Waals surface area (Å²) in [5.41, 5.74) is 6.38. The van der Waals surface area contributed by atoms with E-state index in [4.69, 9.17) is 5.73 Å². The molecule has 23 heavy (non-hydrogen) atoms. The van der Waals surface area contributed by atoms with Crippen LogP contribution in [0, 0.1) is 0 Å². The second-order valence-electron chi connectivity index (χ2n) is 5.37. The number of nitrogens with two attached hydrogens (primary N) is 1.